The number of nitrogens with zero attached hydrogens (tertiary/aromatic N) is 1. The summed E-state index contributed by atoms with van der Waals surface area (Å²) in [5.41, 5.74) is 1.46. The van der Waals surface area contributed by atoms with E-state index in [0.29, 0.717) is 0 Å². The van der Waals surface area contributed by atoms with E-state index < -0.39 is 0 Å². The molecule has 1 heterocycles. The van der Waals surface area contributed by atoms with Gasteiger partial charge in [-0.2, -0.15) is 0 Å². The molecular weight excluding hydrogens is 448 g/mol. The zero-order valence-corrected chi connectivity index (χ0v) is 15.9. The maximum Gasteiger partial charge on any atom is 0.0868 e. The number of benzene rings is 1. The summed E-state index contributed by atoms with van der Waals surface area (Å²) in [6, 6.07) is 10.8. The molecule has 22 heavy (non-hydrogen) atoms. The monoisotopic (exact) mass is 475 g/mol. The molecule has 2 nitrogen and oxygen atoms in total. The Labute approximate surface area is 147 Å². The summed E-state index contributed by atoms with van der Waals surface area (Å²) < 4.78 is 0. The quantitative estimate of drug-likeness (QED) is 0.685. The third-order valence-corrected chi connectivity index (χ3v) is 6.41. The number of aliphatic imine (C=N–C) groups is 1. The Morgan fingerprint density at radius 2 is 1.86 bits per heavy atom. The van der Waals surface area contributed by atoms with E-state index in [2.05, 4.69) is 49.5 Å². The van der Waals surface area contributed by atoms with Gasteiger partial charge in [0.05, 0.1) is 11.9 Å². The maximum absolute atomic E-state index is 4.82. The molecule has 2 fully saturated rings. The SMILES string of the molecule is CC1(c2ccccc2)CC(C)(C2CC3CCC2C3)NC=N1.[Ir]. The summed E-state index contributed by atoms with van der Waals surface area (Å²) in [5, 5.41) is 3.66. The Morgan fingerprint density at radius 1 is 1.09 bits per heavy atom. The second kappa shape index (κ2) is 5.76. The Kier molecular flexibility index (Phi) is 4.24. The van der Waals surface area contributed by atoms with E-state index in [9.17, 15) is 0 Å². The van der Waals surface area contributed by atoms with Gasteiger partial charge in [-0.25, -0.2) is 0 Å². The minimum absolute atomic E-state index is 0. The first-order valence-electron chi connectivity index (χ1n) is 8.46. The molecule has 1 N–H and O–H groups in total. The van der Waals surface area contributed by atoms with Gasteiger partial charge in [-0.1, -0.05) is 36.8 Å². The summed E-state index contributed by atoms with van der Waals surface area (Å²) in [6.07, 6.45) is 8.91. The predicted molar refractivity (Wildman–Crippen MR) is 87.4 cm³/mol. The van der Waals surface area contributed by atoms with Crippen LogP contribution in [0.3, 0.4) is 0 Å². The molecule has 5 unspecified atom stereocenters. The Morgan fingerprint density at radius 3 is 2.50 bits per heavy atom. The molecule has 1 radical (unpaired) electrons. The summed E-state index contributed by atoms with van der Waals surface area (Å²) in [7, 11) is 0. The van der Waals surface area contributed by atoms with Crippen molar-refractivity contribution in [3.8, 4) is 0 Å². The van der Waals surface area contributed by atoms with Crippen LogP contribution < -0.4 is 5.32 Å². The van der Waals surface area contributed by atoms with Crippen LogP contribution in [-0.4, -0.2) is 11.9 Å². The molecule has 0 spiro atoms. The smallest absolute Gasteiger partial charge is 0.0868 e. The van der Waals surface area contributed by atoms with Crippen LogP contribution >= 0.6 is 0 Å². The fourth-order valence-corrected chi connectivity index (χ4v) is 5.37. The van der Waals surface area contributed by atoms with Crippen molar-refractivity contribution in [3.05, 3.63) is 35.9 Å². The molecule has 0 amide bonds. The minimum atomic E-state index is -0.0803. The Hall–Kier alpha value is -0.661. The van der Waals surface area contributed by atoms with Gasteiger partial charge in [0.25, 0.3) is 0 Å². The molecule has 121 valence electrons. The van der Waals surface area contributed by atoms with Gasteiger partial charge in [-0.15, -0.1) is 0 Å². The van der Waals surface area contributed by atoms with Crippen molar-refractivity contribution in [2.24, 2.45) is 22.7 Å². The summed E-state index contributed by atoms with van der Waals surface area (Å²) in [4.78, 5) is 4.82. The molecule has 5 atom stereocenters. The molecule has 2 aliphatic carbocycles. The van der Waals surface area contributed by atoms with Crippen LogP contribution in [0, 0.1) is 17.8 Å². The van der Waals surface area contributed by atoms with Crippen LogP contribution in [0.1, 0.15) is 51.5 Å². The molecule has 2 bridgehead atoms. The summed E-state index contributed by atoms with van der Waals surface area (Å²) in [5.74, 6) is 2.77. The first kappa shape index (κ1) is 16.2. The maximum atomic E-state index is 4.82. The molecule has 2 saturated carbocycles. The average molecular weight is 475 g/mol. The van der Waals surface area contributed by atoms with Crippen LogP contribution in [0.5, 0.6) is 0 Å². The summed E-state index contributed by atoms with van der Waals surface area (Å²) in [6.45, 7) is 4.73. The normalized spacial score (nSPS) is 42.7. The van der Waals surface area contributed by atoms with Crippen molar-refractivity contribution in [2.45, 2.75) is 57.0 Å². The van der Waals surface area contributed by atoms with E-state index in [-0.39, 0.29) is 31.2 Å². The molecule has 1 aliphatic heterocycles. The van der Waals surface area contributed by atoms with Crippen molar-refractivity contribution in [2.75, 3.05) is 0 Å². The van der Waals surface area contributed by atoms with Crippen molar-refractivity contribution >= 4 is 6.34 Å². The van der Waals surface area contributed by atoms with Crippen molar-refractivity contribution in [1.82, 2.24) is 5.32 Å². The van der Waals surface area contributed by atoms with Gasteiger partial charge in [0.1, 0.15) is 0 Å². The van der Waals surface area contributed by atoms with E-state index in [1.54, 1.807) is 0 Å². The van der Waals surface area contributed by atoms with E-state index >= 15 is 0 Å². The van der Waals surface area contributed by atoms with Gasteiger partial charge in [-0.05, 0) is 62.8 Å². The molecular formula is C19H26IrN2. The second-order valence-corrected chi connectivity index (χ2v) is 7.92. The first-order chi connectivity index (χ1) is 10.1. The number of hydrogen-bond acceptors (Lipinski definition) is 2. The molecule has 4 rings (SSSR count). The molecule has 1 aromatic rings. The molecule has 3 heteroatoms. The molecule has 0 aromatic heterocycles. The largest absolute Gasteiger partial charge is 0.371 e. The van der Waals surface area contributed by atoms with Crippen LogP contribution in [0.2, 0.25) is 0 Å². The zero-order valence-electron chi connectivity index (χ0n) is 13.5. The van der Waals surface area contributed by atoms with Crippen LogP contribution in [-0.2, 0) is 25.6 Å². The van der Waals surface area contributed by atoms with Crippen LogP contribution in [0.4, 0.5) is 0 Å². The van der Waals surface area contributed by atoms with Gasteiger partial charge in [-0.3, -0.25) is 4.99 Å². The van der Waals surface area contributed by atoms with Crippen molar-refractivity contribution < 1.29 is 20.1 Å². The van der Waals surface area contributed by atoms with E-state index in [4.69, 9.17) is 4.99 Å². The van der Waals surface area contributed by atoms with Crippen molar-refractivity contribution in [1.29, 1.82) is 0 Å². The topological polar surface area (TPSA) is 24.4 Å². The number of nitrogens with one attached hydrogen (secondary N) is 1. The summed E-state index contributed by atoms with van der Waals surface area (Å²) >= 11 is 0. The minimum Gasteiger partial charge on any atom is -0.371 e. The van der Waals surface area contributed by atoms with E-state index in [1.807, 2.05) is 6.34 Å². The van der Waals surface area contributed by atoms with E-state index in [1.165, 1.54) is 31.2 Å². The average Bonchev–Trinajstić information content (AvgIpc) is 3.11. The Bertz CT molecular complexity index is 558. The first-order valence-corrected chi connectivity index (χ1v) is 8.46. The predicted octanol–water partition coefficient (Wildman–Crippen LogP) is 4.12. The van der Waals surface area contributed by atoms with Gasteiger partial charge in [0.15, 0.2) is 0 Å². The van der Waals surface area contributed by atoms with Gasteiger partial charge < -0.3 is 5.32 Å². The van der Waals surface area contributed by atoms with Crippen LogP contribution in [0.15, 0.2) is 35.3 Å². The Balaban J connectivity index is 0.00000144. The zero-order chi connectivity index (χ0) is 14.5. The number of rotatable bonds is 2. The van der Waals surface area contributed by atoms with Gasteiger partial charge in [0, 0.05) is 25.6 Å². The number of fused-ring (bicyclic) bond motifs is 2. The van der Waals surface area contributed by atoms with E-state index in [0.717, 1.165) is 24.2 Å². The van der Waals surface area contributed by atoms with Crippen LogP contribution in [0.25, 0.3) is 0 Å². The molecule has 1 aromatic carbocycles. The third kappa shape index (κ3) is 2.57. The van der Waals surface area contributed by atoms with Gasteiger partial charge in [0.2, 0.25) is 0 Å². The molecule has 0 saturated heterocycles. The van der Waals surface area contributed by atoms with Gasteiger partial charge >= 0.3 is 0 Å². The fourth-order valence-electron chi connectivity index (χ4n) is 5.37. The third-order valence-electron chi connectivity index (χ3n) is 6.41. The standard InChI is InChI=1S/C19H26N2.Ir/c1-18(16-6-4-3-5-7-16)12-19(2,21-13-20-18)17-11-14-8-9-15(17)10-14;/h3-7,13-15,17H,8-12H2,1-2H3,(H,20,21);. The fraction of sp³-hybridized carbons (Fsp3) is 0.632. The second-order valence-electron chi connectivity index (χ2n) is 7.92. The molecule has 3 aliphatic rings. The van der Waals surface area contributed by atoms with Crippen molar-refractivity contribution in [3.63, 3.8) is 0 Å². The number of hydrogen-bond donors (Lipinski definition) is 1.